The van der Waals surface area contributed by atoms with E-state index in [1.807, 2.05) is 6.92 Å². The minimum absolute atomic E-state index is 0.130. The lowest BCUT2D eigenvalue weighted by Crippen LogP contribution is -2.65. The molecule has 2 N–H and O–H groups in total. The Balaban J connectivity index is 3.02. The van der Waals surface area contributed by atoms with E-state index >= 15 is 0 Å². The summed E-state index contributed by atoms with van der Waals surface area (Å²) in [6.45, 7) is 7.75. The predicted octanol–water partition coefficient (Wildman–Crippen LogP) is 1.58. The van der Waals surface area contributed by atoms with E-state index < -0.39 is 11.5 Å². The fourth-order valence-electron chi connectivity index (χ4n) is 3.00. The van der Waals surface area contributed by atoms with Gasteiger partial charge in [0.2, 0.25) is 11.8 Å². The second-order valence-corrected chi connectivity index (χ2v) is 5.78. The van der Waals surface area contributed by atoms with Crippen LogP contribution in [0.1, 0.15) is 46.0 Å². The molecule has 0 aromatic carbocycles. The van der Waals surface area contributed by atoms with Gasteiger partial charge in [-0.1, -0.05) is 19.4 Å². The lowest BCUT2D eigenvalue weighted by molar-refractivity contribution is -0.140. The number of nitrogens with one attached hydrogen (secondary N) is 2. The lowest BCUT2D eigenvalue weighted by Gasteiger charge is -2.43. The number of carbonyl (C=O) groups excluding carboxylic acids is 3. The number of rotatable bonds is 7. The van der Waals surface area contributed by atoms with Gasteiger partial charge in [0.1, 0.15) is 11.8 Å². The molecule has 1 saturated carbocycles. The van der Waals surface area contributed by atoms with Gasteiger partial charge in [-0.05, 0) is 31.6 Å². The van der Waals surface area contributed by atoms with Crippen LogP contribution in [0.25, 0.3) is 0 Å². The Hall–Kier alpha value is -1.65. The Morgan fingerprint density at radius 1 is 1.38 bits per heavy atom. The van der Waals surface area contributed by atoms with Gasteiger partial charge in [0.05, 0.1) is 0 Å². The summed E-state index contributed by atoms with van der Waals surface area (Å²) in [6.07, 6.45) is 6.28. The summed E-state index contributed by atoms with van der Waals surface area (Å²) >= 11 is 0. The van der Waals surface area contributed by atoms with E-state index in [1.165, 1.54) is 6.92 Å². The SMILES string of the molecule is C=CC1CCC(C=O)C(NC(C)=O)(C(=O)NCCCC)C1. The summed E-state index contributed by atoms with van der Waals surface area (Å²) in [7, 11) is 0. The normalized spacial score (nSPS) is 28.5. The minimum atomic E-state index is -1.14. The smallest absolute Gasteiger partial charge is 0.246 e. The van der Waals surface area contributed by atoms with Crippen molar-refractivity contribution >= 4 is 18.1 Å². The summed E-state index contributed by atoms with van der Waals surface area (Å²) < 4.78 is 0. The first-order valence-electron chi connectivity index (χ1n) is 7.65. The Labute approximate surface area is 126 Å². The van der Waals surface area contributed by atoms with Crippen molar-refractivity contribution < 1.29 is 14.4 Å². The van der Waals surface area contributed by atoms with Crippen molar-refractivity contribution in [1.82, 2.24) is 10.6 Å². The molecule has 1 aliphatic carbocycles. The van der Waals surface area contributed by atoms with Crippen molar-refractivity contribution in [3.63, 3.8) is 0 Å². The van der Waals surface area contributed by atoms with E-state index in [0.717, 1.165) is 25.5 Å². The third kappa shape index (κ3) is 4.16. The molecule has 2 amide bonds. The second-order valence-electron chi connectivity index (χ2n) is 5.78. The van der Waals surface area contributed by atoms with Gasteiger partial charge in [-0.3, -0.25) is 9.59 Å². The molecule has 3 unspecified atom stereocenters. The average Bonchev–Trinajstić information content (AvgIpc) is 2.46. The molecule has 0 aromatic heterocycles. The van der Waals surface area contributed by atoms with Gasteiger partial charge in [0.15, 0.2) is 0 Å². The Morgan fingerprint density at radius 3 is 2.62 bits per heavy atom. The quantitative estimate of drug-likeness (QED) is 0.425. The third-order valence-corrected chi connectivity index (χ3v) is 4.18. The van der Waals surface area contributed by atoms with Crippen LogP contribution in [0.2, 0.25) is 0 Å². The molecule has 5 nitrogen and oxygen atoms in total. The summed E-state index contributed by atoms with van der Waals surface area (Å²) in [6, 6.07) is 0. The molecule has 118 valence electrons. The van der Waals surface area contributed by atoms with Crippen molar-refractivity contribution in [3.8, 4) is 0 Å². The molecule has 0 saturated heterocycles. The van der Waals surface area contributed by atoms with Crippen LogP contribution in [-0.4, -0.2) is 30.2 Å². The van der Waals surface area contributed by atoms with Gasteiger partial charge in [-0.15, -0.1) is 6.58 Å². The van der Waals surface area contributed by atoms with Crippen LogP contribution in [0.15, 0.2) is 12.7 Å². The standard InChI is InChI=1S/C16H26N2O3/c1-4-6-9-17-15(21)16(18-12(3)20)10-13(5-2)7-8-14(16)11-19/h5,11,13-14H,2,4,6-10H2,1,3H3,(H,17,21)(H,18,20). The van der Waals surface area contributed by atoms with Gasteiger partial charge in [-0.25, -0.2) is 0 Å². The van der Waals surface area contributed by atoms with Gasteiger partial charge >= 0.3 is 0 Å². The van der Waals surface area contributed by atoms with Crippen LogP contribution in [0.3, 0.4) is 0 Å². The van der Waals surface area contributed by atoms with E-state index in [9.17, 15) is 14.4 Å². The maximum absolute atomic E-state index is 12.6. The summed E-state index contributed by atoms with van der Waals surface area (Å²) in [5.74, 6) is -0.906. The Kier molecular flexibility index (Phi) is 6.59. The highest BCUT2D eigenvalue weighted by molar-refractivity contribution is 5.94. The van der Waals surface area contributed by atoms with Gasteiger partial charge in [-0.2, -0.15) is 0 Å². The zero-order valence-corrected chi connectivity index (χ0v) is 13.0. The van der Waals surface area contributed by atoms with Crippen LogP contribution in [-0.2, 0) is 14.4 Å². The summed E-state index contributed by atoms with van der Waals surface area (Å²) in [5.41, 5.74) is -1.14. The third-order valence-electron chi connectivity index (χ3n) is 4.18. The van der Waals surface area contributed by atoms with Gasteiger partial charge in [0.25, 0.3) is 0 Å². The van der Waals surface area contributed by atoms with Gasteiger partial charge < -0.3 is 15.4 Å². The molecule has 1 rings (SSSR count). The highest BCUT2D eigenvalue weighted by Crippen LogP contribution is 2.37. The fourth-order valence-corrected chi connectivity index (χ4v) is 3.00. The predicted molar refractivity (Wildman–Crippen MR) is 81.6 cm³/mol. The first-order chi connectivity index (χ1) is 10.00. The van der Waals surface area contributed by atoms with Gasteiger partial charge in [0, 0.05) is 19.4 Å². The number of carbonyl (C=O) groups is 3. The summed E-state index contributed by atoms with van der Waals surface area (Å²) in [4.78, 5) is 35.6. The molecule has 1 aliphatic rings. The van der Waals surface area contributed by atoms with Crippen molar-refractivity contribution in [2.24, 2.45) is 11.8 Å². The molecule has 1 fully saturated rings. The average molecular weight is 294 g/mol. The number of allylic oxidation sites excluding steroid dienone is 1. The number of unbranched alkanes of at least 4 members (excludes halogenated alkanes) is 1. The van der Waals surface area contributed by atoms with E-state index in [1.54, 1.807) is 6.08 Å². The molecule has 0 heterocycles. The second kappa shape index (κ2) is 7.96. The molecule has 21 heavy (non-hydrogen) atoms. The van der Waals surface area contributed by atoms with E-state index in [2.05, 4.69) is 17.2 Å². The van der Waals surface area contributed by atoms with E-state index in [4.69, 9.17) is 0 Å². The first kappa shape index (κ1) is 17.4. The lowest BCUT2D eigenvalue weighted by atomic mass is 9.68. The highest BCUT2D eigenvalue weighted by Gasteiger charge is 2.49. The van der Waals surface area contributed by atoms with Crippen LogP contribution < -0.4 is 10.6 Å². The van der Waals surface area contributed by atoms with Crippen molar-refractivity contribution in [2.45, 2.75) is 51.5 Å². The molecule has 0 radical (unpaired) electrons. The fraction of sp³-hybridized carbons (Fsp3) is 0.688. The zero-order chi connectivity index (χ0) is 15.9. The van der Waals surface area contributed by atoms with E-state index in [0.29, 0.717) is 19.4 Å². The number of amides is 2. The maximum Gasteiger partial charge on any atom is 0.246 e. The first-order valence-corrected chi connectivity index (χ1v) is 7.65. The number of hydrogen-bond acceptors (Lipinski definition) is 3. The van der Waals surface area contributed by atoms with E-state index in [-0.39, 0.29) is 17.7 Å². The molecule has 0 spiro atoms. The molecule has 5 heteroatoms. The summed E-state index contributed by atoms with van der Waals surface area (Å²) in [5, 5.41) is 5.62. The highest BCUT2D eigenvalue weighted by atomic mass is 16.2. The van der Waals surface area contributed by atoms with Crippen molar-refractivity contribution in [2.75, 3.05) is 6.54 Å². The molecular formula is C16H26N2O3. The van der Waals surface area contributed by atoms with Crippen LogP contribution in [0, 0.1) is 11.8 Å². The number of hydrogen-bond donors (Lipinski definition) is 2. The topological polar surface area (TPSA) is 75.3 Å². The number of aldehydes is 1. The molecule has 0 aliphatic heterocycles. The monoisotopic (exact) mass is 294 g/mol. The molecule has 0 bridgehead atoms. The molecule has 0 aromatic rings. The Bertz CT molecular complexity index is 408. The Morgan fingerprint density at radius 2 is 2.10 bits per heavy atom. The molecule has 3 atom stereocenters. The molecular weight excluding hydrogens is 268 g/mol. The zero-order valence-electron chi connectivity index (χ0n) is 13.0. The van der Waals surface area contributed by atoms with Crippen LogP contribution in [0.4, 0.5) is 0 Å². The van der Waals surface area contributed by atoms with Crippen LogP contribution >= 0.6 is 0 Å². The van der Waals surface area contributed by atoms with Crippen LogP contribution in [0.5, 0.6) is 0 Å². The largest absolute Gasteiger partial charge is 0.354 e. The minimum Gasteiger partial charge on any atom is -0.354 e. The van der Waals surface area contributed by atoms with Crippen molar-refractivity contribution in [3.05, 3.63) is 12.7 Å². The van der Waals surface area contributed by atoms with Crippen molar-refractivity contribution in [1.29, 1.82) is 0 Å². The maximum atomic E-state index is 12.6.